The lowest BCUT2D eigenvalue weighted by Crippen LogP contribution is -2.41. The number of benzene rings is 1. The van der Waals surface area contributed by atoms with Gasteiger partial charge in [0.2, 0.25) is 17.6 Å². The summed E-state index contributed by atoms with van der Waals surface area (Å²) in [6.07, 6.45) is 2.56. The van der Waals surface area contributed by atoms with Gasteiger partial charge >= 0.3 is 0 Å². The van der Waals surface area contributed by atoms with E-state index < -0.39 is 0 Å². The Labute approximate surface area is 169 Å². The molecular weight excluding hydrogens is 380 g/mol. The summed E-state index contributed by atoms with van der Waals surface area (Å²) in [5.74, 6) is 2.14. The fraction of sp³-hybridized carbons (Fsp3) is 0.474. The van der Waals surface area contributed by atoms with E-state index in [4.69, 9.17) is 16.1 Å². The second-order valence-electron chi connectivity index (χ2n) is 6.52. The molecule has 1 heterocycles. The van der Waals surface area contributed by atoms with Crippen molar-refractivity contribution in [3.8, 4) is 11.4 Å². The van der Waals surface area contributed by atoms with Crippen LogP contribution in [0.2, 0.25) is 5.02 Å². The fourth-order valence-electron chi connectivity index (χ4n) is 2.53. The van der Waals surface area contributed by atoms with Crippen molar-refractivity contribution < 1.29 is 9.32 Å². The van der Waals surface area contributed by atoms with Gasteiger partial charge in [-0.1, -0.05) is 16.8 Å². The Morgan fingerprint density at radius 2 is 1.96 bits per heavy atom. The number of aliphatic imine (C=N–C) groups is 1. The minimum atomic E-state index is 0.150. The van der Waals surface area contributed by atoms with Gasteiger partial charge in [-0.05, 0) is 44.0 Å². The van der Waals surface area contributed by atoms with Crippen LogP contribution in [-0.4, -0.2) is 48.2 Å². The number of hydrogen-bond acceptors (Lipinski definition) is 5. The molecule has 9 heteroatoms. The molecule has 1 aliphatic rings. The van der Waals surface area contributed by atoms with E-state index in [-0.39, 0.29) is 11.8 Å². The third-order valence-electron chi connectivity index (χ3n) is 4.18. The molecule has 0 radical (unpaired) electrons. The van der Waals surface area contributed by atoms with Crippen molar-refractivity contribution in [2.45, 2.75) is 26.2 Å². The summed E-state index contributed by atoms with van der Waals surface area (Å²) in [6.45, 7) is 4.45. The monoisotopic (exact) mass is 404 g/mol. The van der Waals surface area contributed by atoms with E-state index >= 15 is 0 Å². The van der Waals surface area contributed by atoms with Crippen LogP contribution in [0.1, 0.15) is 25.7 Å². The van der Waals surface area contributed by atoms with Crippen LogP contribution < -0.4 is 16.0 Å². The van der Waals surface area contributed by atoms with Crippen LogP contribution in [0.15, 0.2) is 33.8 Å². The first-order chi connectivity index (χ1) is 13.7. The van der Waals surface area contributed by atoms with Crippen molar-refractivity contribution in [1.29, 1.82) is 0 Å². The van der Waals surface area contributed by atoms with Crippen molar-refractivity contribution in [3.05, 3.63) is 35.2 Å². The molecule has 0 saturated heterocycles. The minimum absolute atomic E-state index is 0.150. The van der Waals surface area contributed by atoms with Crippen LogP contribution >= 0.6 is 11.6 Å². The molecule has 0 atom stereocenters. The van der Waals surface area contributed by atoms with E-state index in [0.717, 1.165) is 24.9 Å². The summed E-state index contributed by atoms with van der Waals surface area (Å²) in [5, 5.41) is 14.0. The number of halogens is 1. The van der Waals surface area contributed by atoms with E-state index in [1.807, 2.05) is 19.1 Å². The summed E-state index contributed by atoms with van der Waals surface area (Å²) in [4.78, 5) is 20.5. The maximum absolute atomic E-state index is 11.6. The molecular formula is C19H25ClN6O2. The number of hydrogen-bond donors (Lipinski definition) is 3. The van der Waals surface area contributed by atoms with E-state index in [0.29, 0.717) is 48.8 Å². The number of guanidine groups is 1. The first kappa shape index (κ1) is 20.1. The highest BCUT2D eigenvalue weighted by molar-refractivity contribution is 6.30. The summed E-state index contributed by atoms with van der Waals surface area (Å²) in [6, 6.07) is 7.28. The molecule has 28 heavy (non-hydrogen) atoms. The van der Waals surface area contributed by atoms with E-state index in [9.17, 15) is 4.79 Å². The van der Waals surface area contributed by atoms with Crippen molar-refractivity contribution in [2.24, 2.45) is 10.9 Å². The maximum Gasteiger partial charge on any atom is 0.228 e. The van der Waals surface area contributed by atoms with E-state index in [2.05, 4.69) is 31.1 Å². The quantitative estimate of drug-likeness (QED) is 0.335. The predicted octanol–water partition coefficient (Wildman–Crippen LogP) is 2.01. The Bertz CT molecular complexity index is 801. The molecule has 3 rings (SSSR count). The van der Waals surface area contributed by atoms with Crippen LogP contribution in [0, 0.1) is 5.92 Å². The van der Waals surface area contributed by atoms with Crippen molar-refractivity contribution >= 4 is 23.5 Å². The van der Waals surface area contributed by atoms with Gasteiger partial charge in [0.1, 0.15) is 0 Å². The summed E-state index contributed by atoms with van der Waals surface area (Å²) >= 11 is 5.89. The molecule has 1 aliphatic carbocycles. The van der Waals surface area contributed by atoms with Gasteiger partial charge in [0.15, 0.2) is 5.96 Å². The first-order valence-corrected chi connectivity index (χ1v) is 9.92. The third-order valence-corrected chi connectivity index (χ3v) is 4.43. The van der Waals surface area contributed by atoms with Crippen LogP contribution in [0.5, 0.6) is 0 Å². The number of amides is 1. The van der Waals surface area contributed by atoms with Crippen LogP contribution in [0.3, 0.4) is 0 Å². The zero-order valence-corrected chi connectivity index (χ0v) is 16.6. The molecule has 8 nitrogen and oxygen atoms in total. The highest BCUT2D eigenvalue weighted by atomic mass is 35.5. The molecule has 1 fully saturated rings. The number of rotatable bonds is 9. The maximum atomic E-state index is 11.6. The lowest BCUT2D eigenvalue weighted by atomic mass is 10.2. The third kappa shape index (κ3) is 6.23. The Morgan fingerprint density at radius 1 is 1.21 bits per heavy atom. The van der Waals surface area contributed by atoms with Crippen LogP contribution in [0.25, 0.3) is 11.4 Å². The second kappa shape index (κ2) is 10.1. The van der Waals surface area contributed by atoms with E-state index in [1.54, 1.807) is 12.1 Å². The zero-order valence-electron chi connectivity index (χ0n) is 15.9. The summed E-state index contributed by atoms with van der Waals surface area (Å²) in [5.41, 5.74) is 0.853. The average Bonchev–Trinajstić information content (AvgIpc) is 3.45. The van der Waals surface area contributed by atoms with Crippen LogP contribution in [0.4, 0.5) is 0 Å². The molecule has 150 valence electrons. The fourth-order valence-corrected chi connectivity index (χ4v) is 2.66. The van der Waals surface area contributed by atoms with Crippen molar-refractivity contribution in [1.82, 2.24) is 26.1 Å². The molecule has 2 aromatic rings. The minimum Gasteiger partial charge on any atom is -0.357 e. The number of nitrogens with one attached hydrogen (secondary N) is 3. The predicted molar refractivity (Wildman–Crippen MR) is 108 cm³/mol. The van der Waals surface area contributed by atoms with Gasteiger partial charge in [-0.2, -0.15) is 4.98 Å². The topological polar surface area (TPSA) is 104 Å². The molecule has 1 saturated carbocycles. The average molecular weight is 405 g/mol. The van der Waals surface area contributed by atoms with Gasteiger partial charge in [-0.15, -0.1) is 0 Å². The standard InChI is InChI=1S/C19H25ClN6O2/c1-2-21-19(24-12-11-22-18(27)14-3-4-14)23-10-9-16-25-17(26-28-16)13-5-7-15(20)8-6-13/h5-8,14H,2-4,9-12H2,1H3,(H,22,27)(H2,21,23,24). The van der Waals surface area contributed by atoms with E-state index in [1.165, 1.54) is 0 Å². The summed E-state index contributed by atoms with van der Waals surface area (Å²) in [7, 11) is 0. The van der Waals surface area contributed by atoms with Gasteiger partial charge in [0.05, 0.1) is 6.54 Å². The highest BCUT2D eigenvalue weighted by Gasteiger charge is 2.28. The molecule has 0 unspecified atom stereocenters. The molecule has 1 amide bonds. The number of carbonyl (C=O) groups is 1. The Balaban J connectivity index is 1.44. The molecule has 0 aliphatic heterocycles. The Hall–Kier alpha value is -2.61. The number of aromatic nitrogens is 2. The van der Waals surface area contributed by atoms with Gasteiger partial charge in [-0.3, -0.25) is 9.79 Å². The smallest absolute Gasteiger partial charge is 0.228 e. The normalized spacial score (nSPS) is 14.0. The summed E-state index contributed by atoms with van der Waals surface area (Å²) < 4.78 is 5.29. The van der Waals surface area contributed by atoms with Gasteiger partial charge in [0.25, 0.3) is 0 Å². The Morgan fingerprint density at radius 3 is 2.68 bits per heavy atom. The second-order valence-corrected chi connectivity index (χ2v) is 6.96. The van der Waals surface area contributed by atoms with Crippen LogP contribution in [-0.2, 0) is 11.2 Å². The van der Waals surface area contributed by atoms with Gasteiger partial charge in [0, 0.05) is 42.6 Å². The molecule has 0 spiro atoms. The molecule has 1 aromatic carbocycles. The van der Waals surface area contributed by atoms with Gasteiger partial charge < -0.3 is 20.5 Å². The number of nitrogens with zero attached hydrogens (tertiary/aromatic N) is 3. The molecule has 3 N–H and O–H groups in total. The van der Waals surface area contributed by atoms with Crippen molar-refractivity contribution in [2.75, 3.05) is 26.2 Å². The van der Waals surface area contributed by atoms with Crippen molar-refractivity contribution in [3.63, 3.8) is 0 Å². The zero-order chi connectivity index (χ0) is 19.8. The SMILES string of the molecule is CCNC(=NCCc1nc(-c2ccc(Cl)cc2)no1)NCCNC(=O)C1CC1. The Kier molecular flexibility index (Phi) is 7.25. The lowest BCUT2D eigenvalue weighted by molar-refractivity contribution is -0.122. The van der Waals surface area contributed by atoms with Gasteiger partial charge in [-0.25, -0.2) is 0 Å². The highest BCUT2D eigenvalue weighted by Crippen LogP contribution is 2.28. The first-order valence-electron chi connectivity index (χ1n) is 9.54. The molecule has 0 bridgehead atoms. The molecule has 1 aromatic heterocycles. The largest absolute Gasteiger partial charge is 0.357 e. The number of carbonyl (C=O) groups excluding carboxylic acids is 1. The lowest BCUT2D eigenvalue weighted by Gasteiger charge is -2.11.